The zero-order valence-electron chi connectivity index (χ0n) is 18.6. The van der Waals surface area contributed by atoms with Crippen LogP contribution in [0.25, 0.3) is 0 Å². The van der Waals surface area contributed by atoms with Crippen molar-refractivity contribution in [2.24, 2.45) is 4.99 Å². The highest BCUT2D eigenvalue weighted by Crippen LogP contribution is 2.26. The van der Waals surface area contributed by atoms with Gasteiger partial charge >= 0.3 is 0 Å². The van der Waals surface area contributed by atoms with Crippen molar-refractivity contribution in [2.75, 3.05) is 66.6 Å². The number of amides is 1. The van der Waals surface area contributed by atoms with Crippen LogP contribution in [0.4, 0.5) is 0 Å². The summed E-state index contributed by atoms with van der Waals surface area (Å²) < 4.78 is 5.23. The number of rotatable bonds is 9. The van der Waals surface area contributed by atoms with E-state index in [-0.39, 0.29) is 29.9 Å². The predicted octanol–water partition coefficient (Wildman–Crippen LogP) is 2.33. The highest BCUT2D eigenvalue weighted by Gasteiger charge is 2.28. The van der Waals surface area contributed by atoms with E-state index in [0.717, 1.165) is 56.9 Å². The number of nitrogens with one attached hydrogen (secondary N) is 1. The van der Waals surface area contributed by atoms with Crippen LogP contribution in [-0.2, 0) is 16.0 Å². The number of aliphatic imine (C=N–C) groups is 1. The molecule has 1 aromatic carbocycles. The van der Waals surface area contributed by atoms with Crippen molar-refractivity contribution in [1.82, 2.24) is 20.0 Å². The molecule has 31 heavy (non-hydrogen) atoms. The van der Waals surface area contributed by atoms with Gasteiger partial charge in [0.1, 0.15) is 0 Å². The molecule has 2 fully saturated rings. The highest BCUT2D eigenvalue weighted by atomic mass is 127. The van der Waals surface area contributed by atoms with Crippen molar-refractivity contribution in [1.29, 1.82) is 0 Å². The zero-order valence-corrected chi connectivity index (χ0v) is 21.6. The molecule has 0 atom stereocenters. The number of hydrogen-bond donors (Lipinski definition) is 1. The lowest BCUT2D eigenvalue weighted by atomic mass is 10.1. The summed E-state index contributed by atoms with van der Waals surface area (Å²) in [5.74, 6) is 1.07. The Morgan fingerprint density at radius 3 is 2.55 bits per heavy atom. The van der Waals surface area contributed by atoms with Crippen molar-refractivity contribution in [3.8, 4) is 0 Å². The van der Waals surface area contributed by atoms with Gasteiger partial charge < -0.3 is 19.9 Å². The highest BCUT2D eigenvalue weighted by molar-refractivity contribution is 14.0. The van der Waals surface area contributed by atoms with Crippen molar-refractivity contribution >= 4 is 47.4 Å². The zero-order chi connectivity index (χ0) is 21.3. The number of nitrogens with zero attached hydrogens (tertiary/aromatic N) is 4. The topological polar surface area (TPSA) is 60.4 Å². The average molecular weight is 564 g/mol. The molecule has 0 aromatic heterocycles. The number of ether oxygens (including phenoxy) is 1. The van der Waals surface area contributed by atoms with Crippen molar-refractivity contribution in [3.05, 3.63) is 34.9 Å². The van der Waals surface area contributed by atoms with Gasteiger partial charge in [0.2, 0.25) is 5.91 Å². The number of carbonyl (C=O) groups is 1. The Balaban J connectivity index is 0.00000341. The summed E-state index contributed by atoms with van der Waals surface area (Å²) in [7, 11) is 3.58. The normalized spacial score (nSPS) is 17.0. The van der Waals surface area contributed by atoms with Crippen molar-refractivity contribution in [3.63, 3.8) is 0 Å². The molecule has 9 heteroatoms. The van der Waals surface area contributed by atoms with E-state index in [0.29, 0.717) is 24.5 Å². The van der Waals surface area contributed by atoms with E-state index in [1.807, 2.05) is 36.2 Å². The van der Waals surface area contributed by atoms with E-state index in [4.69, 9.17) is 16.3 Å². The second kappa shape index (κ2) is 13.4. The number of carbonyl (C=O) groups excluding carboxylic acids is 1. The maximum Gasteiger partial charge on any atom is 0.227 e. The molecule has 1 heterocycles. The molecule has 1 aromatic rings. The third-order valence-electron chi connectivity index (χ3n) is 5.72. The maximum absolute atomic E-state index is 12.6. The van der Waals surface area contributed by atoms with Gasteiger partial charge in [-0.1, -0.05) is 23.7 Å². The molecule has 3 rings (SSSR count). The maximum atomic E-state index is 12.6. The Kier molecular flexibility index (Phi) is 11.3. The molecule has 0 bridgehead atoms. The molecule has 2 aliphatic rings. The fraction of sp³-hybridized carbons (Fsp3) is 0.636. The summed E-state index contributed by atoms with van der Waals surface area (Å²) in [4.78, 5) is 23.7. The van der Waals surface area contributed by atoms with E-state index in [1.54, 1.807) is 7.11 Å². The fourth-order valence-corrected chi connectivity index (χ4v) is 4.08. The summed E-state index contributed by atoms with van der Waals surface area (Å²) in [5.41, 5.74) is 0.959. The van der Waals surface area contributed by atoms with Gasteiger partial charge in [0, 0.05) is 71.0 Å². The molecule has 1 aliphatic heterocycles. The Bertz CT molecular complexity index is 724. The number of hydrogen-bond acceptors (Lipinski definition) is 4. The number of methoxy groups -OCH3 is 1. The smallest absolute Gasteiger partial charge is 0.227 e. The lowest BCUT2D eigenvalue weighted by Crippen LogP contribution is -2.54. The van der Waals surface area contributed by atoms with E-state index in [2.05, 4.69) is 20.1 Å². The Hall–Kier alpha value is -1.10. The minimum absolute atomic E-state index is 0. The molecule has 1 saturated carbocycles. The van der Waals surface area contributed by atoms with E-state index >= 15 is 0 Å². The number of piperazine rings is 1. The molecule has 7 nitrogen and oxygen atoms in total. The number of halogens is 2. The second-order valence-electron chi connectivity index (χ2n) is 7.91. The van der Waals surface area contributed by atoms with Gasteiger partial charge in [0.15, 0.2) is 5.96 Å². The summed E-state index contributed by atoms with van der Waals surface area (Å²) in [5, 5.41) is 4.16. The van der Waals surface area contributed by atoms with Crippen LogP contribution in [0.1, 0.15) is 18.4 Å². The summed E-state index contributed by atoms with van der Waals surface area (Å²) in [6, 6.07) is 8.24. The first-order valence-electron chi connectivity index (χ1n) is 10.8. The van der Waals surface area contributed by atoms with Gasteiger partial charge in [-0.05, 0) is 30.5 Å². The lowest BCUT2D eigenvalue weighted by Gasteiger charge is -2.36. The van der Waals surface area contributed by atoms with Crippen molar-refractivity contribution < 1.29 is 9.53 Å². The molecule has 0 radical (unpaired) electrons. The van der Waals surface area contributed by atoms with Crippen LogP contribution >= 0.6 is 35.6 Å². The van der Waals surface area contributed by atoms with Gasteiger partial charge in [0.25, 0.3) is 0 Å². The standard InChI is InChI=1S/C22H34ClN5O2.HI/c1-24-22(25-8-9-26(14-15-30-2)20-6-7-20)28-12-10-27(11-13-28)21(29)17-18-4-3-5-19(23)16-18;/h3-5,16,20H,6-15,17H2,1-2H3,(H,24,25);1H. The van der Waals surface area contributed by atoms with Crippen LogP contribution in [0.15, 0.2) is 29.3 Å². The molecular formula is C22H35ClIN5O2. The minimum Gasteiger partial charge on any atom is -0.383 e. The molecule has 1 saturated heterocycles. The third-order valence-corrected chi connectivity index (χ3v) is 5.95. The van der Waals surface area contributed by atoms with Gasteiger partial charge in [-0.25, -0.2) is 0 Å². The van der Waals surface area contributed by atoms with E-state index in [1.165, 1.54) is 12.8 Å². The van der Waals surface area contributed by atoms with Crippen LogP contribution in [-0.4, -0.2) is 99.2 Å². The average Bonchev–Trinajstić information content (AvgIpc) is 3.59. The van der Waals surface area contributed by atoms with Gasteiger partial charge in [-0.3, -0.25) is 14.7 Å². The number of guanidine groups is 1. The van der Waals surface area contributed by atoms with Crippen LogP contribution in [0.5, 0.6) is 0 Å². The first kappa shape index (κ1) is 26.2. The van der Waals surface area contributed by atoms with Crippen LogP contribution < -0.4 is 5.32 Å². The summed E-state index contributed by atoms with van der Waals surface area (Å²) >= 11 is 6.03. The second-order valence-corrected chi connectivity index (χ2v) is 8.34. The quantitative estimate of drug-likeness (QED) is 0.284. The largest absolute Gasteiger partial charge is 0.383 e. The molecule has 0 spiro atoms. The molecule has 1 amide bonds. The first-order valence-corrected chi connectivity index (χ1v) is 11.2. The predicted molar refractivity (Wildman–Crippen MR) is 137 cm³/mol. The van der Waals surface area contributed by atoms with Crippen LogP contribution in [0.2, 0.25) is 5.02 Å². The van der Waals surface area contributed by atoms with Gasteiger partial charge in [0.05, 0.1) is 13.0 Å². The van der Waals surface area contributed by atoms with E-state index in [9.17, 15) is 4.79 Å². The first-order chi connectivity index (χ1) is 14.6. The summed E-state index contributed by atoms with van der Waals surface area (Å²) in [6.07, 6.45) is 2.99. The monoisotopic (exact) mass is 563 g/mol. The lowest BCUT2D eigenvalue weighted by molar-refractivity contribution is -0.131. The number of benzene rings is 1. The van der Waals surface area contributed by atoms with Crippen molar-refractivity contribution in [2.45, 2.75) is 25.3 Å². The third kappa shape index (κ3) is 8.40. The SMILES string of the molecule is CN=C(NCCN(CCOC)C1CC1)N1CCN(C(=O)Cc2cccc(Cl)c2)CC1.I. The minimum atomic E-state index is 0. The fourth-order valence-electron chi connectivity index (χ4n) is 3.87. The Morgan fingerprint density at radius 1 is 1.23 bits per heavy atom. The summed E-state index contributed by atoms with van der Waals surface area (Å²) in [6.45, 7) is 6.61. The van der Waals surface area contributed by atoms with E-state index < -0.39 is 0 Å². The van der Waals surface area contributed by atoms with Gasteiger partial charge in [-0.15, -0.1) is 24.0 Å². The Labute approximate surface area is 208 Å². The molecule has 1 N–H and O–H groups in total. The van der Waals surface area contributed by atoms with Crippen LogP contribution in [0, 0.1) is 0 Å². The van der Waals surface area contributed by atoms with Gasteiger partial charge in [-0.2, -0.15) is 0 Å². The Morgan fingerprint density at radius 2 is 1.94 bits per heavy atom. The molecule has 0 unspecified atom stereocenters. The molecule has 174 valence electrons. The molecular weight excluding hydrogens is 529 g/mol. The molecule has 1 aliphatic carbocycles. The van der Waals surface area contributed by atoms with Crippen LogP contribution in [0.3, 0.4) is 0 Å².